The lowest BCUT2D eigenvalue weighted by atomic mass is 10.0. The zero-order valence-corrected chi connectivity index (χ0v) is 15.2. The number of aromatic nitrogens is 2. The third-order valence-corrected chi connectivity index (χ3v) is 5.14. The van der Waals surface area contributed by atoms with Crippen molar-refractivity contribution in [2.75, 3.05) is 31.1 Å². The summed E-state index contributed by atoms with van der Waals surface area (Å²) in [5, 5.41) is 0. The summed E-state index contributed by atoms with van der Waals surface area (Å²) in [6.45, 7) is 8.06. The maximum atomic E-state index is 14.9. The van der Waals surface area contributed by atoms with Gasteiger partial charge in [0.2, 0.25) is 0 Å². The van der Waals surface area contributed by atoms with Gasteiger partial charge in [-0.25, -0.2) is 4.39 Å². The molecule has 5 heteroatoms. The van der Waals surface area contributed by atoms with Crippen molar-refractivity contribution in [3.05, 3.63) is 54.6 Å². The lowest BCUT2D eigenvalue weighted by Gasteiger charge is -2.38. The van der Waals surface area contributed by atoms with Crippen LogP contribution in [-0.2, 0) is 0 Å². The summed E-state index contributed by atoms with van der Waals surface area (Å²) in [6.07, 6.45) is 3.49. The summed E-state index contributed by atoms with van der Waals surface area (Å²) in [5.41, 5.74) is 4.04. The molecular formula is C21H23FN4. The van der Waals surface area contributed by atoms with E-state index in [4.69, 9.17) is 0 Å². The van der Waals surface area contributed by atoms with E-state index in [1.807, 2.05) is 30.3 Å². The van der Waals surface area contributed by atoms with Gasteiger partial charge in [0, 0.05) is 50.2 Å². The van der Waals surface area contributed by atoms with Crippen LogP contribution in [0.1, 0.15) is 13.8 Å². The Morgan fingerprint density at radius 2 is 1.77 bits per heavy atom. The number of hydrogen-bond donors (Lipinski definition) is 0. The van der Waals surface area contributed by atoms with Gasteiger partial charge in [-0.05, 0) is 49.7 Å². The van der Waals surface area contributed by atoms with Crippen LogP contribution in [0, 0.1) is 5.82 Å². The van der Waals surface area contributed by atoms with E-state index < -0.39 is 0 Å². The minimum absolute atomic E-state index is 0.179. The molecule has 1 aliphatic heterocycles. The second kappa shape index (κ2) is 7.00. The van der Waals surface area contributed by atoms with E-state index in [2.05, 4.69) is 33.6 Å². The average Bonchev–Trinajstić information content (AvgIpc) is 2.67. The molecule has 0 saturated carbocycles. The highest BCUT2D eigenvalue weighted by Gasteiger charge is 2.21. The van der Waals surface area contributed by atoms with E-state index >= 15 is 0 Å². The summed E-state index contributed by atoms with van der Waals surface area (Å²) in [5.74, 6) is -0.179. The average molecular weight is 350 g/mol. The third kappa shape index (κ3) is 3.15. The van der Waals surface area contributed by atoms with E-state index in [9.17, 15) is 4.39 Å². The van der Waals surface area contributed by atoms with Crippen LogP contribution < -0.4 is 4.90 Å². The van der Waals surface area contributed by atoms with Crippen LogP contribution in [0.4, 0.5) is 10.1 Å². The van der Waals surface area contributed by atoms with Gasteiger partial charge in [-0.15, -0.1) is 0 Å². The van der Waals surface area contributed by atoms with Crippen LogP contribution in [0.2, 0.25) is 0 Å². The Morgan fingerprint density at radius 3 is 2.50 bits per heavy atom. The predicted octanol–water partition coefficient (Wildman–Crippen LogP) is 3.97. The normalized spacial score (nSPS) is 15.8. The minimum Gasteiger partial charge on any atom is -0.367 e. The van der Waals surface area contributed by atoms with Gasteiger partial charge in [-0.3, -0.25) is 14.9 Å². The molecule has 3 aromatic rings. The molecule has 0 N–H and O–H groups in total. The molecule has 0 amide bonds. The molecule has 134 valence electrons. The number of fused-ring (bicyclic) bond motifs is 1. The number of pyridine rings is 2. The van der Waals surface area contributed by atoms with E-state index in [0.717, 1.165) is 48.3 Å². The molecule has 0 atom stereocenters. The fourth-order valence-corrected chi connectivity index (χ4v) is 3.62. The topological polar surface area (TPSA) is 32.3 Å². The van der Waals surface area contributed by atoms with E-state index in [1.165, 1.54) is 0 Å². The fraction of sp³-hybridized carbons (Fsp3) is 0.333. The zero-order valence-electron chi connectivity index (χ0n) is 15.2. The fourth-order valence-electron chi connectivity index (χ4n) is 3.62. The number of nitrogens with zero attached hydrogens (tertiary/aromatic N) is 4. The van der Waals surface area contributed by atoms with Crippen LogP contribution in [0.25, 0.3) is 22.2 Å². The largest absolute Gasteiger partial charge is 0.367 e. The molecule has 26 heavy (non-hydrogen) atoms. The van der Waals surface area contributed by atoms with E-state index in [0.29, 0.717) is 11.7 Å². The molecular weight excluding hydrogens is 327 g/mol. The van der Waals surface area contributed by atoms with Crippen molar-refractivity contribution >= 4 is 16.7 Å². The van der Waals surface area contributed by atoms with Crippen molar-refractivity contribution in [3.63, 3.8) is 0 Å². The van der Waals surface area contributed by atoms with Gasteiger partial charge in [0.05, 0.1) is 16.7 Å². The van der Waals surface area contributed by atoms with Crippen LogP contribution in [-0.4, -0.2) is 47.1 Å². The number of halogens is 1. The number of benzene rings is 1. The SMILES string of the molecule is CC(C)N1CCN(c2ccc(-c3ccnc4cccnc34)cc2F)CC1. The summed E-state index contributed by atoms with van der Waals surface area (Å²) in [6, 6.07) is 11.7. The molecule has 3 heterocycles. The van der Waals surface area contributed by atoms with Crippen LogP contribution in [0.15, 0.2) is 48.8 Å². The van der Waals surface area contributed by atoms with Crippen molar-refractivity contribution in [1.29, 1.82) is 0 Å². The Balaban J connectivity index is 1.62. The highest BCUT2D eigenvalue weighted by Crippen LogP contribution is 2.30. The molecule has 0 spiro atoms. The Hall–Kier alpha value is -2.53. The molecule has 1 fully saturated rings. The van der Waals surface area contributed by atoms with Gasteiger partial charge in [0.15, 0.2) is 0 Å². The molecule has 0 bridgehead atoms. The Labute approximate surface area is 153 Å². The first-order chi connectivity index (χ1) is 12.6. The highest BCUT2D eigenvalue weighted by molar-refractivity contribution is 5.91. The Bertz CT molecular complexity index is 912. The first-order valence-electron chi connectivity index (χ1n) is 9.12. The van der Waals surface area contributed by atoms with Gasteiger partial charge in [0.1, 0.15) is 5.82 Å². The predicted molar refractivity (Wildman–Crippen MR) is 104 cm³/mol. The van der Waals surface area contributed by atoms with Crippen LogP contribution in [0.3, 0.4) is 0 Å². The highest BCUT2D eigenvalue weighted by atomic mass is 19.1. The maximum absolute atomic E-state index is 14.9. The second-order valence-corrected chi connectivity index (χ2v) is 7.01. The number of anilines is 1. The van der Waals surface area contributed by atoms with Crippen molar-refractivity contribution in [2.45, 2.75) is 19.9 Å². The van der Waals surface area contributed by atoms with Gasteiger partial charge in [-0.2, -0.15) is 0 Å². The maximum Gasteiger partial charge on any atom is 0.147 e. The molecule has 1 aromatic carbocycles. The molecule has 0 unspecified atom stereocenters. The molecule has 4 rings (SSSR count). The zero-order chi connectivity index (χ0) is 18.1. The number of rotatable bonds is 3. The smallest absolute Gasteiger partial charge is 0.147 e. The summed E-state index contributed by atoms with van der Waals surface area (Å²) < 4.78 is 14.9. The van der Waals surface area contributed by atoms with Crippen molar-refractivity contribution in [3.8, 4) is 11.1 Å². The summed E-state index contributed by atoms with van der Waals surface area (Å²) in [7, 11) is 0. The van der Waals surface area contributed by atoms with Crippen molar-refractivity contribution in [2.24, 2.45) is 0 Å². The molecule has 1 saturated heterocycles. The quantitative estimate of drug-likeness (QED) is 0.716. The van der Waals surface area contributed by atoms with Gasteiger partial charge in [-0.1, -0.05) is 6.07 Å². The molecule has 0 aliphatic carbocycles. The van der Waals surface area contributed by atoms with Crippen LogP contribution in [0.5, 0.6) is 0 Å². The summed E-state index contributed by atoms with van der Waals surface area (Å²) in [4.78, 5) is 13.3. The first-order valence-corrected chi connectivity index (χ1v) is 9.12. The van der Waals surface area contributed by atoms with E-state index in [-0.39, 0.29) is 5.82 Å². The standard InChI is InChI=1S/C21H23FN4/c1-15(2)25-10-12-26(13-11-25)20-6-5-16(14-18(20)22)17-7-9-23-19-4-3-8-24-21(17)19/h3-9,14-15H,10-13H2,1-2H3. The monoisotopic (exact) mass is 350 g/mol. The lowest BCUT2D eigenvalue weighted by molar-refractivity contribution is 0.209. The second-order valence-electron chi connectivity index (χ2n) is 7.01. The van der Waals surface area contributed by atoms with Gasteiger partial charge in [0.25, 0.3) is 0 Å². The Morgan fingerprint density at radius 1 is 0.962 bits per heavy atom. The minimum atomic E-state index is -0.179. The first kappa shape index (κ1) is 16.9. The number of piperazine rings is 1. The van der Waals surface area contributed by atoms with Gasteiger partial charge < -0.3 is 4.90 Å². The van der Waals surface area contributed by atoms with Crippen molar-refractivity contribution < 1.29 is 4.39 Å². The summed E-state index contributed by atoms with van der Waals surface area (Å²) >= 11 is 0. The molecule has 0 radical (unpaired) electrons. The lowest BCUT2D eigenvalue weighted by Crippen LogP contribution is -2.49. The molecule has 4 nitrogen and oxygen atoms in total. The number of hydrogen-bond acceptors (Lipinski definition) is 4. The Kier molecular flexibility index (Phi) is 4.55. The third-order valence-electron chi connectivity index (χ3n) is 5.14. The van der Waals surface area contributed by atoms with E-state index in [1.54, 1.807) is 18.5 Å². The van der Waals surface area contributed by atoms with Crippen LogP contribution >= 0.6 is 0 Å². The molecule has 1 aliphatic rings. The molecule has 2 aromatic heterocycles. The van der Waals surface area contributed by atoms with Gasteiger partial charge >= 0.3 is 0 Å². The van der Waals surface area contributed by atoms with Crippen molar-refractivity contribution in [1.82, 2.24) is 14.9 Å².